The summed E-state index contributed by atoms with van der Waals surface area (Å²) in [5.74, 6) is 1.62. The van der Waals surface area contributed by atoms with Gasteiger partial charge in [0.05, 0.1) is 24.2 Å². The van der Waals surface area contributed by atoms with E-state index in [9.17, 15) is 5.11 Å². The zero-order valence-electron chi connectivity index (χ0n) is 12.7. The van der Waals surface area contributed by atoms with E-state index in [1.807, 2.05) is 25.1 Å². The molecule has 2 rings (SSSR count). The minimum atomic E-state index is 0.0715. The van der Waals surface area contributed by atoms with Gasteiger partial charge in [-0.25, -0.2) is 4.98 Å². The van der Waals surface area contributed by atoms with E-state index < -0.39 is 0 Å². The van der Waals surface area contributed by atoms with Gasteiger partial charge < -0.3 is 20.1 Å². The average Bonchev–Trinajstić information content (AvgIpc) is 2.85. The molecule has 0 aliphatic carbocycles. The van der Waals surface area contributed by atoms with Gasteiger partial charge in [0.15, 0.2) is 5.16 Å². The highest BCUT2D eigenvalue weighted by atomic mass is 32.2. The average molecular weight is 309 g/mol. The third-order valence-electron chi connectivity index (χ3n) is 2.95. The van der Waals surface area contributed by atoms with E-state index in [2.05, 4.69) is 29.1 Å². The van der Waals surface area contributed by atoms with Gasteiger partial charge in [0, 0.05) is 23.9 Å². The Labute approximate surface area is 129 Å². The molecule has 0 amide bonds. The van der Waals surface area contributed by atoms with Crippen molar-refractivity contribution in [3.05, 3.63) is 18.2 Å². The summed E-state index contributed by atoms with van der Waals surface area (Å²) in [5.41, 5.74) is 1.90. The molecule has 1 atom stereocenters. The minimum absolute atomic E-state index is 0.0715. The van der Waals surface area contributed by atoms with Crippen LogP contribution in [0.25, 0.3) is 11.0 Å². The molecule has 0 spiro atoms. The number of aromatic nitrogens is 2. The summed E-state index contributed by atoms with van der Waals surface area (Å²) in [6.45, 7) is 6.89. The van der Waals surface area contributed by atoms with E-state index in [1.165, 1.54) is 0 Å². The predicted molar refractivity (Wildman–Crippen MR) is 87.1 cm³/mol. The first kappa shape index (κ1) is 16.1. The van der Waals surface area contributed by atoms with Gasteiger partial charge >= 0.3 is 0 Å². The van der Waals surface area contributed by atoms with Crippen LogP contribution in [0.5, 0.6) is 5.75 Å². The van der Waals surface area contributed by atoms with Crippen LogP contribution >= 0.6 is 11.8 Å². The maximum absolute atomic E-state index is 9.37. The number of nitrogens with one attached hydrogen (secondary N) is 2. The van der Waals surface area contributed by atoms with E-state index in [1.54, 1.807) is 11.8 Å². The van der Waals surface area contributed by atoms with Gasteiger partial charge in [-0.3, -0.25) is 0 Å². The topological polar surface area (TPSA) is 70.2 Å². The van der Waals surface area contributed by atoms with Crippen LogP contribution in [0.4, 0.5) is 0 Å². The normalized spacial score (nSPS) is 13.0. The molecular formula is C15H23N3O2S. The molecule has 0 radical (unpaired) electrons. The van der Waals surface area contributed by atoms with Crippen molar-refractivity contribution in [2.24, 2.45) is 0 Å². The van der Waals surface area contributed by atoms with Gasteiger partial charge in [0.25, 0.3) is 0 Å². The number of nitrogens with zero attached hydrogens (tertiary/aromatic N) is 1. The van der Waals surface area contributed by atoms with Gasteiger partial charge in [-0.05, 0) is 19.1 Å². The van der Waals surface area contributed by atoms with Crippen LogP contribution in [0.3, 0.4) is 0 Å². The molecule has 6 heteroatoms. The molecule has 1 unspecified atom stereocenters. The number of aliphatic hydroxyl groups is 1. The monoisotopic (exact) mass is 309 g/mol. The predicted octanol–water partition coefficient (Wildman–Crippen LogP) is 2.41. The molecule has 1 aromatic carbocycles. The second-order valence-corrected chi connectivity index (χ2v) is 6.17. The van der Waals surface area contributed by atoms with Crippen LogP contribution < -0.4 is 10.1 Å². The quantitative estimate of drug-likeness (QED) is 0.653. The lowest BCUT2D eigenvalue weighted by Crippen LogP contribution is -2.39. The van der Waals surface area contributed by atoms with Crippen molar-refractivity contribution in [2.45, 2.75) is 38.0 Å². The Balaban J connectivity index is 2.01. The number of benzene rings is 1. The number of aliphatic hydroxyl groups excluding tert-OH is 1. The lowest BCUT2D eigenvalue weighted by atomic mass is 10.3. The molecular weight excluding hydrogens is 286 g/mol. The number of imidazole rings is 1. The van der Waals surface area contributed by atoms with Gasteiger partial charge in [-0.15, -0.1) is 0 Å². The van der Waals surface area contributed by atoms with Crippen LogP contribution in [0, 0.1) is 0 Å². The van der Waals surface area contributed by atoms with Crippen molar-refractivity contribution >= 4 is 22.8 Å². The van der Waals surface area contributed by atoms with Crippen LogP contribution in [0.1, 0.15) is 20.8 Å². The minimum Gasteiger partial charge on any atom is -0.494 e. The Morgan fingerprint density at radius 2 is 2.24 bits per heavy atom. The Kier molecular flexibility index (Phi) is 5.90. The second kappa shape index (κ2) is 7.68. The fourth-order valence-electron chi connectivity index (χ4n) is 2.09. The molecule has 0 fully saturated rings. The molecule has 1 aromatic heterocycles. The lowest BCUT2D eigenvalue weighted by Gasteiger charge is -2.17. The zero-order valence-corrected chi connectivity index (χ0v) is 13.5. The van der Waals surface area contributed by atoms with Crippen LogP contribution in [0.2, 0.25) is 0 Å². The zero-order chi connectivity index (χ0) is 15.2. The number of ether oxygens (including phenoxy) is 1. The summed E-state index contributed by atoms with van der Waals surface area (Å²) in [6, 6.07) is 6.27. The molecule has 1 heterocycles. The van der Waals surface area contributed by atoms with Crippen molar-refractivity contribution in [1.29, 1.82) is 0 Å². The number of fused-ring (bicyclic) bond motifs is 1. The van der Waals surface area contributed by atoms with Crippen LogP contribution in [-0.4, -0.2) is 46.1 Å². The number of aromatic amines is 1. The molecule has 0 bridgehead atoms. The molecule has 3 N–H and O–H groups in total. The number of hydrogen-bond acceptors (Lipinski definition) is 5. The van der Waals surface area contributed by atoms with Gasteiger partial charge in [0.2, 0.25) is 0 Å². The van der Waals surface area contributed by atoms with Gasteiger partial charge in [-0.1, -0.05) is 25.6 Å². The lowest BCUT2D eigenvalue weighted by molar-refractivity contribution is 0.247. The Morgan fingerprint density at radius 1 is 1.43 bits per heavy atom. The summed E-state index contributed by atoms with van der Waals surface area (Å²) >= 11 is 1.61. The van der Waals surface area contributed by atoms with Crippen molar-refractivity contribution in [3.63, 3.8) is 0 Å². The number of H-pyrrole nitrogens is 1. The summed E-state index contributed by atoms with van der Waals surface area (Å²) in [6.07, 6.45) is 0. The Morgan fingerprint density at radius 3 is 2.90 bits per heavy atom. The van der Waals surface area contributed by atoms with E-state index >= 15 is 0 Å². The molecule has 0 aliphatic rings. The molecule has 0 saturated carbocycles. The summed E-state index contributed by atoms with van der Waals surface area (Å²) in [7, 11) is 0. The highest BCUT2D eigenvalue weighted by molar-refractivity contribution is 7.99. The molecule has 0 saturated heterocycles. The number of hydrogen-bond donors (Lipinski definition) is 3. The maximum atomic E-state index is 9.37. The van der Waals surface area contributed by atoms with E-state index in [0.29, 0.717) is 12.6 Å². The van der Waals surface area contributed by atoms with Crippen molar-refractivity contribution in [2.75, 3.05) is 19.0 Å². The van der Waals surface area contributed by atoms with Crippen molar-refractivity contribution in [3.8, 4) is 5.75 Å². The maximum Gasteiger partial charge on any atom is 0.166 e. The highest BCUT2D eigenvalue weighted by Crippen LogP contribution is 2.23. The smallest absolute Gasteiger partial charge is 0.166 e. The van der Waals surface area contributed by atoms with Crippen molar-refractivity contribution in [1.82, 2.24) is 15.3 Å². The fraction of sp³-hybridized carbons (Fsp3) is 0.533. The van der Waals surface area contributed by atoms with Gasteiger partial charge in [0.1, 0.15) is 5.75 Å². The standard InChI is InChI=1S/C15H23N3O2S/c1-4-20-12-5-6-13-14(7-12)18-15(17-13)21-9-11(8-19)16-10(2)3/h5-7,10-11,16,19H,4,8-9H2,1-3H3,(H,17,18). The number of rotatable bonds is 8. The van der Waals surface area contributed by atoms with E-state index in [-0.39, 0.29) is 12.6 Å². The molecule has 21 heavy (non-hydrogen) atoms. The van der Waals surface area contributed by atoms with E-state index in [4.69, 9.17) is 4.74 Å². The first-order valence-corrected chi connectivity index (χ1v) is 8.23. The SMILES string of the molecule is CCOc1ccc2nc(SCC(CO)NC(C)C)[nH]c2c1. The fourth-order valence-corrected chi connectivity index (χ4v) is 3.00. The highest BCUT2D eigenvalue weighted by Gasteiger charge is 2.11. The Hall–Kier alpha value is -1.24. The Bertz CT molecular complexity index is 571. The summed E-state index contributed by atoms with van der Waals surface area (Å²) in [4.78, 5) is 7.83. The molecule has 0 aliphatic heterocycles. The second-order valence-electron chi connectivity index (χ2n) is 5.17. The third kappa shape index (κ3) is 4.62. The largest absolute Gasteiger partial charge is 0.494 e. The molecule has 2 aromatic rings. The molecule has 116 valence electrons. The van der Waals surface area contributed by atoms with Crippen LogP contribution in [-0.2, 0) is 0 Å². The number of thioether (sulfide) groups is 1. The first-order chi connectivity index (χ1) is 10.1. The third-order valence-corrected chi connectivity index (χ3v) is 3.99. The molecule has 5 nitrogen and oxygen atoms in total. The first-order valence-electron chi connectivity index (χ1n) is 7.24. The van der Waals surface area contributed by atoms with Gasteiger partial charge in [-0.2, -0.15) is 0 Å². The van der Waals surface area contributed by atoms with Crippen molar-refractivity contribution < 1.29 is 9.84 Å². The summed E-state index contributed by atoms with van der Waals surface area (Å²) < 4.78 is 5.48. The van der Waals surface area contributed by atoms with Crippen LogP contribution in [0.15, 0.2) is 23.4 Å². The van der Waals surface area contributed by atoms with E-state index in [0.717, 1.165) is 27.7 Å². The summed E-state index contributed by atoms with van der Waals surface area (Å²) in [5, 5.41) is 13.6.